The third-order valence-electron chi connectivity index (χ3n) is 7.76. The maximum atomic E-state index is 13.1. The van der Waals surface area contributed by atoms with Crippen molar-refractivity contribution in [3.05, 3.63) is 59.7 Å². The molecule has 5 rings (SSSR count). The van der Waals surface area contributed by atoms with Crippen LogP contribution in [-0.2, 0) is 14.3 Å². The maximum Gasteiger partial charge on any atom is 0.407 e. The van der Waals surface area contributed by atoms with Crippen LogP contribution in [0, 0.1) is 5.92 Å². The van der Waals surface area contributed by atoms with Gasteiger partial charge in [-0.05, 0) is 54.4 Å². The van der Waals surface area contributed by atoms with Crippen LogP contribution in [0.4, 0.5) is 4.79 Å². The van der Waals surface area contributed by atoms with Gasteiger partial charge in [-0.25, -0.2) is 4.79 Å². The lowest BCUT2D eigenvalue weighted by molar-refractivity contribution is -0.142. The summed E-state index contributed by atoms with van der Waals surface area (Å²) in [6, 6.07) is 16.1. The molecule has 2 aromatic carbocycles. The minimum absolute atomic E-state index is 0.000111. The fourth-order valence-electron chi connectivity index (χ4n) is 6.13. The largest absolute Gasteiger partial charge is 0.481 e. The van der Waals surface area contributed by atoms with E-state index in [2.05, 4.69) is 29.6 Å². The maximum absolute atomic E-state index is 13.1. The SMILES string of the molecule is O=C(O)C[C@H]1CCCN1C(=O)[C@@H]1CCC[C@@H](NC(=O)OCC2c3ccccc3-c3ccccc32)C1. The van der Waals surface area contributed by atoms with Crippen LogP contribution in [-0.4, -0.2) is 53.2 Å². The van der Waals surface area contributed by atoms with Gasteiger partial charge in [0.15, 0.2) is 0 Å². The lowest BCUT2D eigenvalue weighted by atomic mass is 9.84. The molecule has 35 heavy (non-hydrogen) atoms. The highest BCUT2D eigenvalue weighted by molar-refractivity contribution is 5.81. The van der Waals surface area contributed by atoms with Crippen molar-refractivity contribution >= 4 is 18.0 Å². The highest BCUT2D eigenvalue weighted by Gasteiger charge is 2.37. The number of hydrogen-bond donors (Lipinski definition) is 2. The van der Waals surface area contributed by atoms with Gasteiger partial charge in [0.05, 0.1) is 6.42 Å². The topological polar surface area (TPSA) is 95.9 Å². The number of nitrogens with zero attached hydrogens (tertiary/aromatic N) is 1. The normalized spacial score (nSPS) is 23.4. The molecular formula is C28H32N2O5. The molecule has 2 fully saturated rings. The average molecular weight is 477 g/mol. The van der Waals surface area contributed by atoms with Crippen molar-refractivity contribution < 1.29 is 24.2 Å². The van der Waals surface area contributed by atoms with Crippen molar-refractivity contribution in [1.82, 2.24) is 10.2 Å². The van der Waals surface area contributed by atoms with E-state index in [1.54, 1.807) is 4.90 Å². The number of alkyl carbamates (subject to hydrolysis) is 1. The van der Waals surface area contributed by atoms with Crippen LogP contribution in [0.15, 0.2) is 48.5 Å². The summed E-state index contributed by atoms with van der Waals surface area (Å²) in [5.74, 6) is -1.01. The van der Waals surface area contributed by atoms with Crippen LogP contribution < -0.4 is 5.32 Å². The van der Waals surface area contributed by atoms with Crippen molar-refractivity contribution in [3.8, 4) is 11.1 Å². The molecule has 1 saturated carbocycles. The number of carboxylic acid groups (broad SMARTS) is 1. The summed E-state index contributed by atoms with van der Waals surface area (Å²) in [5, 5.41) is 12.1. The monoisotopic (exact) mass is 476 g/mol. The van der Waals surface area contributed by atoms with Crippen molar-refractivity contribution in [3.63, 3.8) is 0 Å². The number of aliphatic carboxylic acids is 1. The van der Waals surface area contributed by atoms with Gasteiger partial charge in [-0.3, -0.25) is 9.59 Å². The van der Waals surface area contributed by atoms with Gasteiger partial charge in [-0.1, -0.05) is 55.0 Å². The summed E-state index contributed by atoms with van der Waals surface area (Å²) in [6.45, 7) is 0.886. The molecule has 3 atom stereocenters. The second-order valence-electron chi connectivity index (χ2n) is 9.96. The minimum atomic E-state index is -0.867. The zero-order valence-corrected chi connectivity index (χ0v) is 19.8. The highest BCUT2D eigenvalue weighted by Crippen LogP contribution is 2.44. The molecule has 7 heteroatoms. The third-order valence-corrected chi connectivity index (χ3v) is 7.76. The molecular weight excluding hydrogens is 444 g/mol. The Kier molecular flexibility index (Phi) is 6.75. The fraction of sp³-hybridized carbons (Fsp3) is 0.464. The molecule has 1 heterocycles. The van der Waals surface area contributed by atoms with Crippen LogP contribution in [0.2, 0.25) is 0 Å². The number of amides is 2. The van der Waals surface area contributed by atoms with Gasteiger partial charge in [0.25, 0.3) is 0 Å². The summed E-state index contributed by atoms with van der Waals surface area (Å²) in [6.07, 6.45) is 4.14. The molecule has 2 amide bonds. The van der Waals surface area contributed by atoms with Gasteiger partial charge in [0.2, 0.25) is 5.91 Å². The highest BCUT2D eigenvalue weighted by atomic mass is 16.5. The number of fused-ring (bicyclic) bond motifs is 3. The minimum Gasteiger partial charge on any atom is -0.481 e. The smallest absolute Gasteiger partial charge is 0.407 e. The molecule has 3 aliphatic rings. The Labute approximate surface area is 205 Å². The number of likely N-dealkylation sites (tertiary alicyclic amines) is 1. The van der Waals surface area contributed by atoms with E-state index >= 15 is 0 Å². The van der Waals surface area contributed by atoms with Gasteiger partial charge in [0, 0.05) is 30.5 Å². The van der Waals surface area contributed by atoms with Crippen LogP contribution in [0.1, 0.15) is 62.0 Å². The number of carbonyl (C=O) groups is 3. The van der Waals surface area contributed by atoms with Crippen molar-refractivity contribution in [1.29, 1.82) is 0 Å². The van der Waals surface area contributed by atoms with E-state index in [4.69, 9.17) is 9.84 Å². The third kappa shape index (κ3) is 4.90. The predicted octanol–water partition coefficient (Wildman–Crippen LogP) is 4.55. The number of hydrogen-bond acceptors (Lipinski definition) is 4. The fourth-order valence-corrected chi connectivity index (χ4v) is 6.13. The van der Waals surface area contributed by atoms with Gasteiger partial charge >= 0.3 is 12.1 Å². The van der Waals surface area contributed by atoms with Gasteiger partial charge in [-0.15, -0.1) is 0 Å². The Bertz CT molecular complexity index is 1070. The molecule has 184 valence electrons. The van der Waals surface area contributed by atoms with E-state index in [0.29, 0.717) is 13.0 Å². The van der Waals surface area contributed by atoms with E-state index in [-0.39, 0.29) is 42.9 Å². The zero-order chi connectivity index (χ0) is 24.4. The summed E-state index contributed by atoms with van der Waals surface area (Å²) >= 11 is 0. The summed E-state index contributed by atoms with van der Waals surface area (Å²) in [7, 11) is 0. The van der Waals surface area contributed by atoms with Crippen molar-refractivity contribution in [2.24, 2.45) is 5.92 Å². The molecule has 0 unspecified atom stereocenters. The summed E-state index contributed by atoms with van der Waals surface area (Å²) in [5.41, 5.74) is 4.72. The first-order chi connectivity index (χ1) is 17.0. The number of carbonyl (C=O) groups excluding carboxylic acids is 2. The number of ether oxygens (including phenoxy) is 1. The molecule has 1 aliphatic heterocycles. The van der Waals surface area contributed by atoms with E-state index < -0.39 is 12.1 Å². The average Bonchev–Trinajstić information content (AvgIpc) is 3.44. The lowest BCUT2D eigenvalue weighted by Crippen LogP contribution is -2.45. The quantitative estimate of drug-likeness (QED) is 0.638. The molecule has 7 nitrogen and oxygen atoms in total. The molecule has 0 radical (unpaired) electrons. The Morgan fingerprint density at radius 3 is 2.31 bits per heavy atom. The van der Waals surface area contributed by atoms with Crippen LogP contribution in [0.5, 0.6) is 0 Å². The number of rotatable bonds is 6. The van der Waals surface area contributed by atoms with E-state index in [9.17, 15) is 14.4 Å². The number of carboxylic acids is 1. The Morgan fingerprint density at radius 2 is 1.63 bits per heavy atom. The Hall–Kier alpha value is -3.35. The van der Waals surface area contributed by atoms with Crippen molar-refractivity contribution in [2.45, 2.75) is 62.9 Å². The number of benzene rings is 2. The van der Waals surface area contributed by atoms with E-state index in [1.807, 2.05) is 24.3 Å². The predicted molar refractivity (Wildman–Crippen MR) is 131 cm³/mol. The van der Waals surface area contributed by atoms with Crippen LogP contribution >= 0.6 is 0 Å². The Morgan fingerprint density at radius 1 is 0.943 bits per heavy atom. The first-order valence-electron chi connectivity index (χ1n) is 12.6. The van der Waals surface area contributed by atoms with Gasteiger partial charge < -0.3 is 20.1 Å². The van der Waals surface area contributed by atoms with Gasteiger partial charge in [-0.2, -0.15) is 0 Å². The van der Waals surface area contributed by atoms with E-state index in [1.165, 1.54) is 22.3 Å². The molecule has 2 N–H and O–H groups in total. The molecule has 0 bridgehead atoms. The first kappa shape index (κ1) is 23.4. The van der Waals surface area contributed by atoms with E-state index in [0.717, 1.165) is 32.1 Å². The van der Waals surface area contributed by atoms with Crippen LogP contribution in [0.3, 0.4) is 0 Å². The molecule has 0 aromatic heterocycles. The van der Waals surface area contributed by atoms with Gasteiger partial charge in [0.1, 0.15) is 6.61 Å². The molecule has 2 aliphatic carbocycles. The molecule has 1 saturated heterocycles. The summed E-state index contributed by atoms with van der Waals surface area (Å²) < 4.78 is 5.69. The van der Waals surface area contributed by atoms with Crippen molar-refractivity contribution in [2.75, 3.05) is 13.2 Å². The lowest BCUT2D eigenvalue weighted by Gasteiger charge is -2.33. The summed E-state index contributed by atoms with van der Waals surface area (Å²) in [4.78, 5) is 38.8. The molecule has 2 aromatic rings. The number of nitrogens with one attached hydrogen (secondary N) is 1. The van der Waals surface area contributed by atoms with Crippen LogP contribution in [0.25, 0.3) is 11.1 Å². The molecule has 0 spiro atoms. The standard InChI is InChI=1S/C28H32N2O5/c31-26(32)16-20-9-6-14-30(20)27(33)18-7-5-8-19(15-18)29-28(34)35-17-25-23-12-3-1-10-21(23)22-11-2-4-13-24(22)25/h1-4,10-13,18-20,25H,5-9,14-17H2,(H,29,34)(H,31,32)/t18-,19-,20-/m1/s1. The second kappa shape index (κ2) is 10.1. The Balaban J connectivity index is 1.17. The second-order valence-corrected chi connectivity index (χ2v) is 9.96. The zero-order valence-electron chi connectivity index (χ0n) is 19.8. The first-order valence-corrected chi connectivity index (χ1v) is 12.6.